The number of hydrogen-bond acceptors (Lipinski definition) is 6. The number of aromatic nitrogens is 2. The van der Waals surface area contributed by atoms with Crippen LogP contribution in [0.1, 0.15) is 0 Å². The Hall–Kier alpha value is -1.97. The van der Waals surface area contributed by atoms with Crippen molar-refractivity contribution in [1.82, 2.24) is 9.97 Å². The molecular weight excluding hydrogens is 351 g/mol. The molecule has 1 aromatic carbocycles. The maximum Gasteiger partial charge on any atom is 0.372 e. The summed E-state index contributed by atoms with van der Waals surface area (Å²) in [4.78, 5) is 17.5. The summed E-state index contributed by atoms with van der Waals surface area (Å²) in [5, 5.41) is 10.9. The lowest BCUT2D eigenvalue weighted by molar-refractivity contribution is -0.385. The quantitative estimate of drug-likeness (QED) is 0.513. The van der Waals surface area contributed by atoms with E-state index in [2.05, 4.69) is 32.6 Å². The first kappa shape index (κ1) is 12.5. The van der Waals surface area contributed by atoms with Crippen molar-refractivity contribution in [2.75, 3.05) is 5.73 Å². The predicted molar refractivity (Wildman–Crippen MR) is 72.3 cm³/mol. The van der Waals surface area contributed by atoms with Gasteiger partial charge in [-0.2, -0.15) is 4.98 Å². The van der Waals surface area contributed by atoms with Crippen molar-refractivity contribution in [1.29, 1.82) is 0 Å². The third-order valence-electron chi connectivity index (χ3n) is 2.01. The van der Waals surface area contributed by atoms with Gasteiger partial charge in [-0.1, -0.05) is 6.07 Å². The summed E-state index contributed by atoms with van der Waals surface area (Å²) in [5.74, 6) is 0.0493. The van der Waals surface area contributed by atoms with Crippen molar-refractivity contribution in [3.63, 3.8) is 0 Å². The van der Waals surface area contributed by atoms with E-state index in [1.54, 1.807) is 18.2 Å². The van der Waals surface area contributed by atoms with Crippen LogP contribution in [0.3, 0.4) is 0 Å². The van der Waals surface area contributed by atoms with Gasteiger partial charge in [-0.3, -0.25) is 10.1 Å². The largest absolute Gasteiger partial charge is 0.434 e. The molecular formula is C10H7IN4O3. The number of nitro groups is 1. The maximum atomic E-state index is 10.9. The molecule has 2 rings (SSSR count). The Kier molecular flexibility index (Phi) is 3.55. The van der Waals surface area contributed by atoms with Crippen LogP contribution in [0.5, 0.6) is 11.6 Å². The first-order chi connectivity index (χ1) is 8.58. The Balaban J connectivity index is 2.40. The summed E-state index contributed by atoms with van der Waals surface area (Å²) >= 11 is 2.11. The monoisotopic (exact) mass is 358 g/mol. The van der Waals surface area contributed by atoms with E-state index in [0.717, 1.165) is 9.90 Å². The lowest BCUT2D eigenvalue weighted by Gasteiger charge is -2.05. The fourth-order valence-corrected chi connectivity index (χ4v) is 1.78. The highest BCUT2D eigenvalue weighted by molar-refractivity contribution is 14.1. The molecule has 92 valence electrons. The Labute approximate surface area is 115 Å². The zero-order chi connectivity index (χ0) is 13.1. The van der Waals surface area contributed by atoms with Gasteiger partial charge in [-0.25, -0.2) is 4.98 Å². The van der Waals surface area contributed by atoms with Crippen LogP contribution < -0.4 is 10.5 Å². The molecule has 0 fully saturated rings. The Bertz CT molecular complexity index is 605. The van der Waals surface area contributed by atoms with Crippen molar-refractivity contribution in [3.05, 3.63) is 44.3 Å². The average Bonchev–Trinajstić information content (AvgIpc) is 2.28. The van der Waals surface area contributed by atoms with Crippen LogP contribution >= 0.6 is 22.6 Å². The molecule has 2 N–H and O–H groups in total. The minimum absolute atomic E-state index is 0.172. The molecule has 0 aliphatic rings. The van der Waals surface area contributed by atoms with Gasteiger partial charge in [-0.05, 0) is 40.8 Å². The molecule has 0 aliphatic heterocycles. The smallest absolute Gasteiger partial charge is 0.372 e. The summed E-state index contributed by atoms with van der Waals surface area (Å²) in [5.41, 5.74) is 5.00. The number of nitrogen functional groups attached to an aromatic ring is 1. The van der Waals surface area contributed by atoms with Gasteiger partial charge in [0.15, 0.2) is 0 Å². The third-order valence-corrected chi connectivity index (χ3v) is 2.68. The second-order valence-electron chi connectivity index (χ2n) is 3.23. The van der Waals surface area contributed by atoms with E-state index in [0.29, 0.717) is 5.75 Å². The van der Waals surface area contributed by atoms with Gasteiger partial charge in [0.2, 0.25) is 5.82 Å². The SMILES string of the molecule is Nc1ncnc(Oc2cccc(I)c2)c1[N+](=O)[O-]. The number of nitrogens with zero attached hydrogens (tertiary/aromatic N) is 3. The molecule has 0 radical (unpaired) electrons. The van der Waals surface area contributed by atoms with Crippen LogP contribution in [-0.2, 0) is 0 Å². The minimum Gasteiger partial charge on any atom is -0.434 e. The van der Waals surface area contributed by atoms with Gasteiger partial charge in [0.05, 0.1) is 4.92 Å². The van der Waals surface area contributed by atoms with Crippen molar-refractivity contribution >= 4 is 34.1 Å². The van der Waals surface area contributed by atoms with Gasteiger partial charge in [0.1, 0.15) is 12.1 Å². The molecule has 1 aromatic heterocycles. The van der Waals surface area contributed by atoms with Crippen molar-refractivity contribution in [2.24, 2.45) is 0 Å². The molecule has 18 heavy (non-hydrogen) atoms. The van der Waals surface area contributed by atoms with Gasteiger partial charge in [0.25, 0.3) is 0 Å². The highest BCUT2D eigenvalue weighted by Gasteiger charge is 2.22. The standard InChI is InChI=1S/C10H7IN4O3/c11-6-2-1-3-7(4-6)18-10-8(15(16)17)9(12)13-5-14-10/h1-5H,(H2,12,13,14). The molecule has 0 spiro atoms. The van der Waals surface area contributed by atoms with Crippen LogP contribution in [0.4, 0.5) is 11.5 Å². The summed E-state index contributed by atoms with van der Waals surface area (Å²) < 4.78 is 6.29. The molecule has 0 saturated carbocycles. The fourth-order valence-electron chi connectivity index (χ4n) is 1.26. The van der Waals surface area contributed by atoms with E-state index in [1.807, 2.05) is 6.07 Å². The maximum absolute atomic E-state index is 10.9. The highest BCUT2D eigenvalue weighted by atomic mass is 127. The number of rotatable bonds is 3. The molecule has 0 saturated heterocycles. The number of hydrogen-bond donors (Lipinski definition) is 1. The molecule has 8 heteroatoms. The number of benzene rings is 1. The molecule has 0 atom stereocenters. The first-order valence-corrected chi connectivity index (χ1v) is 5.84. The fraction of sp³-hybridized carbons (Fsp3) is 0. The van der Waals surface area contributed by atoms with Crippen LogP contribution in [0, 0.1) is 13.7 Å². The number of halogens is 1. The van der Waals surface area contributed by atoms with Crippen molar-refractivity contribution < 1.29 is 9.66 Å². The molecule has 0 bridgehead atoms. The second-order valence-corrected chi connectivity index (χ2v) is 4.47. The lowest BCUT2D eigenvalue weighted by atomic mass is 10.3. The van der Waals surface area contributed by atoms with Crippen LogP contribution in [-0.4, -0.2) is 14.9 Å². The first-order valence-electron chi connectivity index (χ1n) is 4.76. The topological polar surface area (TPSA) is 104 Å². The van der Waals surface area contributed by atoms with E-state index in [1.165, 1.54) is 0 Å². The third kappa shape index (κ3) is 2.64. The van der Waals surface area contributed by atoms with Crippen LogP contribution in [0.25, 0.3) is 0 Å². The van der Waals surface area contributed by atoms with Crippen molar-refractivity contribution in [3.8, 4) is 11.6 Å². The summed E-state index contributed by atoms with van der Waals surface area (Å²) in [6.07, 6.45) is 1.12. The Morgan fingerprint density at radius 2 is 2.17 bits per heavy atom. The molecule has 0 amide bonds. The Morgan fingerprint density at radius 3 is 2.83 bits per heavy atom. The number of ether oxygens (including phenoxy) is 1. The van der Waals surface area contributed by atoms with Gasteiger partial charge in [-0.15, -0.1) is 0 Å². The van der Waals surface area contributed by atoms with E-state index in [9.17, 15) is 10.1 Å². The highest BCUT2D eigenvalue weighted by Crippen LogP contribution is 2.32. The molecule has 0 unspecified atom stereocenters. The van der Waals surface area contributed by atoms with Crippen LogP contribution in [0.15, 0.2) is 30.6 Å². The van der Waals surface area contributed by atoms with Crippen LogP contribution in [0.2, 0.25) is 0 Å². The van der Waals surface area contributed by atoms with E-state index in [4.69, 9.17) is 10.5 Å². The minimum atomic E-state index is -0.668. The molecule has 0 aliphatic carbocycles. The molecule has 7 nitrogen and oxygen atoms in total. The predicted octanol–water partition coefficient (Wildman–Crippen LogP) is 2.36. The van der Waals surface area contributed by atoms with Crippen molar-refractivity contribution in [2.45, 2.75) is 0 Å². The normalized spacial score (nSPS) is 10.1. The Morgan fingerprint density at radius 1 is 1.39 bits per heavy atom. The van der Waals surface area contributed by atoms with Gasteiger partial charge in [0, 0.05) is 3.57 Å². The van der Waals surface area contributed by atoms with Gasteiger partial charge >= 0.3 is 11.6 Å². The number of nitrogens with two attached hydrogens (primary N) is 1. The lowest BCUT2D eigenvalue weighted by Crippen LogP contribution is -2.02. The van der Waals surface area contributed by atoms with Gasteiger partial charge < -0.3 is 10.5 Å². The summed E-state index contributed by atoms with van der Waals surface area (Å²) in [7, 11) is 0. The molecule has 2 aromatic rings. The summed E-state index contributed by atoms with van der Waals surface area (Å²) in [6, 6.07) is 7.04. The second kappa shape index (κ2) is 5.12. The van der Waals surface area contributed by atoms with E-state index < -0.39 is 10.6 Å². The number of anilines is 1. The molecule has 1 heterocycles. The van der Waals surface area contributed by atoms with E-state index >= 15 is 0 Å². The zero-order valence-electron chi connectivity index (χ0n) is 8.91. The summed E-state index contributed by atoms with van der Waals surface area (Å²) in [6.45, 7) is 0. The van der Waals surface area contributed by atoms with E-state index in [-0.39, 0.29) is 11.7 Å². The zero-order valence-corrected chi connectivity index (χ0v) is 11.1. The average molecular weight is 358 g/mol.